The number of anilines is 2. The molecule has 264 valence electrons. The first-order valence-corrected chi connectivity index (χ1v) is 18.2. The van der Waals surface area contributed by atoms with Crippen LogP contribution in [-0.2, 0) is 35.8 Å². The minimum Gasteiger partial charge on any atom is -0.462 e. The van der Waals surface area contributed by atoms with Gasteiger partial charge in [0.05, 0.1) is 41.0 Å². The van der Waals surface area contributed by atoms with E-state index in [1.54, 1.807) is 38.1 Å². The molecule has 3 atom stereocenters. The molecule has 13 heteroatoms. The highest BCUT2D eigenvalue weighted by Gasteiger charge is 2.56. The van der Waals surface area contributed by atoms with Crippen LogP contribution in [0.2, 0.25) is 0 Å². The molecule has 1 fully saturated rings. The van der Waals surface area contributed by atoms with E-state index in [-0.39, 0.29) is 30.0 Å². The van der Waals surface area contributed by atoms with Gasteiger partial charge in [-0.3, -0.25) is 23.7 Å². The zero-order valence-electron chi connectivity index (χ0n) is 28.8. The van der Waals surface area contributed by atoms with Gasteiger partial charge in [-0.05, 0) is 78.9 Å². The number of rotatable bonds is 9. The standard InChI is InChI=1S/C38H37N3O8S2/c1-6-48-35(45)22-10-16-25(17-11-22)39-27(42)20-40-34-31(51-37(40)47)28(21-8-14-24(15-9-21)38(3,4)5)29-30(50-34)33(44)41(32(29)43)26-18-12-23(13-19-26)36(46)49-7-2/h8-19,28-30H,6-7,20H2,1-5H3,(H,39,42)/t28-,29-,30+/m0/s1. The number of fused-ring (bicyclic) bond motifs is 2. The van der Waals surface area contributed by atoms with Gasteiger partial charge in [-0.1, -0.05) is 68.1 Å². The lowest BCUT2D eigenvalue weighted by Crippen LogP contribution is -2.33. The molecule has 3 aromatic carbocycles. The molecule has 2 aliphatic heterocycles. The van der Waals surface area contributed by atoms with Gasteiger partial charge in [-0.15, -0.1) is 0 Å². The van der Waals surface area contributed by atoms with Crippen LogP contribution >= 0.6 is 23.1 Å². The highest BCUT2D eigenvalue weighted by Crippen LogP contribution is 2.54. The van der Waals surface area contributed by atoms with Crippen molar-refractivity contribution in [2.24, 2.45) is 5.92 Å². The predicted molar refractivity (Wildman–Crippen MR) is 195 cm³/mol. The minimum absolute atomic E-state index is 0.124. The van der Waals surface area contributed by atoms with Gasteiger partial charge >= 0.3 is 16.8 Å². The first-order valence-electron chi connectivity index (χ1n) is 16.5. The Morgan fingerprint density at radius 3 is 1.90 bits per heavy atom. The summed E-state index contributed by atoms with van der Waals surface area (Å²) in [4.78, 5) is 80.9. The van der Waals surface area contributed by atoms with Gasteiger partial charge in [0.25, 0.3) is 0 Å². The summed E-state index contributed by atoms with van der Waals surface area (Å²) in [5, 5.41) is 2.36. The second-order valence-corrected chi connectivity index (χ2v) is 15.3. The maximum atomic E-state index is 14.3. The number of nitrogens with one attached hydrogen (secondary N) is 1. The zero-order chi connectivity index (χ0) is 36.6. The van der Waals surface area contributed by atoms with Crippen LogP contribution in [0, 0.1) is 5.92 Å². The van der Waals surface area contributed by atoms with E-state index in [1.807, 2.05) is 24.3 Å². The first kappa shape index (κ1) is 35.8. The van der Waals surface area contributed by atoms with Crippen molar-refractivity contribution in [3.05, 3.63) is 110 Å². The second kappa shape index (κ2) is 14.3. The molecule has 0 aliphatic carbocycles. The minimum atomic E-state index is -0.874. The van der Waals surface area contributed by atoms with E-state index in [4.69, 9.17) is 9.47 Å². The molecule has 4 aromatic rings. The summed E-state index contributed by atoms with van der Waals surface area (Å²) in [6.07, 6.45) is 0. The van der Waals surface area contributed by atoms with E-state index in [1.165, 1.54) is 28.8 Å². The first-order chi connectivity index (χ1) is 24.3. The molecular formula is C38H37N3O8S2. The third-order valence-electron chi connectivity index (χ3n) is 8.80. The van der Waals surface area contributed by atoms with Gasteiger partial charge in [0, 0.05) is 16.5 Å². The molecule has 0 spiro atoms. The van der Waals surface area contributed by atoms with Gasteiger partial charge in [-0.25, -0.2) is 14.5 Å². The number of thiazole rings is 1. The normalized spacial score (nSPS) is 18.2. The van der Waals surface area contributed by atoms with Crippen molar-refractivity contribution in [1.82, 2.24) is 4.57 Å². The Bertz CT molecular complexity index is 2060. The number of hydrogen-bond donors (Lipinski definition) is 1. The molecule has 0 unspecified atom stereocenters. The summed E-state index contributed by atoms with van der Waals surface area (Å²) in [7, 11) is 0. The van der Waals surface area contributed by atoms with E-state index in [2.05, 4.69) is 26.1 Å². The number of ether oxygens (including phenoxy) is 2. The maximum absolute atomic E-state index is 14.3. The third kappa shape index (κ3) is 7.00. The fourth-order valence-corrected chi connectivity index (χ4v) is 9.04. The zero-order valence-corrected chi connectivity index (χ0v) is 30.4. The fourth-order valence-electron chi connectivity index (χ4n) is 6.27. The van der Waals surface area contributed by atoms with Crippen molar-refractivity contribution in [2.45, 2.75) is 62.8 Å². The second-order valence-electron chi connectivity index (χ2n) is 13.2. The Balaban J connectivity index is 1.34. The number of esters is 2. The summed E-state index contributed by atoms with van der Waals surface area (Å²) in [5.74, 6) is -3.77. The van der Waals surface area contributed by atoms with Crippen LogP contribution < -0.4 is 15.1 Å². The summed E-state index contributed by atoms with van der Waals surface area (Å²) >= 11 is 2.09. The van der Waals surface area contributed by atoms with Crippen molar-refractivity contribution in [1.29, 1.82) is 0 Å². The van der Waals surface area contributed by atoms with Gasteiger partial charge in [0.1, 0.15) is 11.8 Å². The SMILES string of the molecule is CCOC(=O)c1ccc(NC(=O)Cn2c3c(sc2=O)[C@@H](c2ccc(C(C)(C)C)cc2)[C@@H]2C(=O)N(c4ccc(C(=O)OCC)cc4)C(=O)[C@@H]2S3)cc1. The Morgan fingerprint density at radius 1 is 0.784 bits per heavy atom. The number of imide groups is 1. The molecule has 11 nitrogen and oxygen atoms in total. The molecule has 0 bridgehead atoms. The van der Waals surface area contributed by atoms with E-state index in [9.17, 15) is 28.8 Å². The largest absolute Gasteiger partial charge is 0.462 e. The highest BCUT2D eigenvalue weighted by molar-refractivity contribution is 8.00. The Kier molecular flexibility index (Phi) is 10.0. The summed E-state index contributed by atoms with van der Waals surface area (Å²) in [6.45, 7) is 9.84. The molecule has 3 amide bonds. The molecule has 51 heavy (non-hydrogen) atoms. The molecular weight excluding hydrogens is 691 g/mol. The smallest absolute Gasteiger partial charge is 0.338 e. The van der Waals surface area contributed by atoms with Crippen LogP contribution in [0.1, 0.15) is 77.3 Å². The molecule has 0 radical (unpaired) electrons. The summed E-state index contributed by atoms with van der Waals surface area (Å²) < 4.78 is 11.4. The van der Waals surface area contributed by atoms with Crippen LogP contribution in [0.3, 0.4) is 0 Å². The number of benzene rings is 3. The van der Waals surface area contributed by atoms with Crippen molar-refractivity contribution < 1.29 is 33.4 Å². The van der Waals surface area contributed by atoms with Crippen molar-refractivity contribution in [3.8, 4) is 0 Å². The number of nitrogens with zero attached hydrogens (tertiary/aromatic N) is 2. The van der Waals surface area contributed by atoms with Gasteiger partial charge in [0.15, 0.2) is 0 Å². The maximum Gasteiger partial charge on any atom is 0.338 e. The fraction of sp³-hybridized carbons (Fsp3) is 0.316. The van der Waals surface area contributed by atoms with Crippen molar-refractivity contribution in [3.63, 3.8) is 0 Å². The number of hydrogen-bond acceptors (Lipinski definition) is 10. The molecule has 1 aromatic heterocycles. The Morgan fingerprint density at radius 2 is 1.35 bits per heavy atom. The average Bonchev–Trinajstić information content (AvgIpc) is 3.54. The molecule has 2 aliphatic rings. The van der Waals surface area contributed by atoms with E-state index in [0.29, 0.717) is 32.4 Å². The van der Waals surface area contributed by atoms with Crippen molar-refractivity contribution >= 4 is 64.1 Å². The Labute approximate surface area is 302 Å². The van der Waals surface area contributed by atoms with Gasteiger partial charge in [-0.2, -0.15) is 0 Å². The van der Waals surface area contributed by atoms with Gasteiger partial charge in [0.2, 0.25) is 17.7 Å². The Hall–Kier alpha value is -5.01. The highest BCUT2D eigenvalue weighted by atomic mass is 32.2. The molecule has 0 saturated carbocycles. The van der Waals surface area contributed by atoms with Gasteiger partial charge < -0.3 is 14.8 Å². The molecule has 3 heterocycles. The monoisotopic (exact) mass is 727 g/mol. The van der Waals surface area contributed by atoms with E-state index in [0.717, 1.165) is 39.1 Å². The quantitative estimate of drug-likeness (QED) is 0.163. The average molecular weight is 728 g/mol. The number of thioether (sulfide) groups is 1. The van der Waals surface area contributed by atoms with Crippen LogP contribution in [0.25, 0.3) is 0 Å². The number of aromatic nitrogens is 1. The van der Waals surface area contributed by atoms with Crippen LogP contribution in [-0.4, -0.2) is 52.7 Å². The van der Waals surface area contributed by atoms with Crippen molar-refractivity contribution in [2.75, 3.05) is 23.4 Å². The predicted octanol–water partition coefficient (Wildman–Crippen LogP) is 6.00. The van der Waals surface area contributed by atoms with E-state index < -0.39 is 46.7 Å². The third-order valence-corrected chi connectivity index (χ3v) is 11.4. The van der Waals surface area contributed by atoms with Crippen LogP contribution in [0.15, 0.2) is 82.6 Å². The number of carbonyl (C=O) groups is 5. The molecule has 6 rings (SSSR count). The lowest BCUT2D eigenvalue weighted by atomic mass is 9.81. The summed E-state index contributed by atoms with van der Waals surface area (Å²) in [5.41, 5.74) is 3.12. The summed E-state index contributed by atoms with van der Waals surface area (Å²) in [6, 6.07) is 20.2. The lowest BCUT2D eigenvalue weighted by molar-refractivity contribution is -0.122. The topological polar surface area (TPSA) is 141 Å². The molecule has 1 saturated heterocycles. The van der Waals surface area contributed by atoms with Crippen LogP contribution in [0.4, 0.5) is 11.4 Å². The number of carbonyl (C=O) groups excluding carboxylic acids is 5. The van der Waals surface area contributed by atoms with Crippen LogP contribution in [0.5, 0.6) is 0 Å². The lowest BCUT2D eigenvalue weighted by Gasteiger charge is -2.31. The molecule has 1 N–H and O–H groups in total. The van der Waals surface area contributed by atoms with E-state index >= 15 is 0 Å². The number of amides is 3.